The van der Waals surface area contributed by atoms with Crippen molar-refractivity contribution in [3.05, 3.63) is 42.0 Å². The fraction of sp³-hybridized carbons (Fsp3) is 0.519. The first-order valence-electron chi connectivity index (χ1n) is 12.8. The molecule has 5 rings (SSSR count). The van der Waals surface area contributed by atoms with Crippen LogP contribution in [0.25, 0.3) is 11.0 Å². The highest BCUT2D eigenvalue weighted by Gasteiger charge is 2.29. The number of ether oxygens (including phenoxy) is 3. The maximum absolute atomic E-state index is 13.4. The lowest BCUT2D eigenvalue weighted by molar-refractivity contribution is 0.0960. The van der Waals surface area contributed by atoms with E-state index in [1.54, 1.807) is 42.4 Å². The van der Waals surface area contributed by atoms with Gasteiger partial charge < -0.3 is 18.8 Å². The van der Waals surface area contributed by atoms with E-state index in [-0.39, 0.29) is 6.10 Å². The summed E-state index contributed by atoms with van der Waals surface area (Å²) in [6.07, 6.45) is 4.15. The quantitative estimate of drug-likeness (QED) is 0.352. The molecule has 2 aliphatic rings. The average Bonchev–Trinajstić information content (AvgIpc) is 3.55. The van der Waals surface area contributed by atoms with Gasteiger partial charge in [0.25, 0.3) is 0 Å². The Morgan fingerprint density at radius 2 is 1.97 bits per heavy atom. The maximum Gasteiger partial charge on any atom is 0.243 e. The Morgan fingerprint density at radius 3 is 2.70 bits per heavy atom. The Hall–Kier alpha value is -2.27. The van der Waals surface area contributed by atoms with E-state index in [4.69, 9.17) is 19.2 Å². The molecule has 0 spiro atoms. The van der Waals surface area contributed by atoms with Gasteiger partial charge in [-0.25, -0.2) is 13.4 Å². The van der Waals surface area contributed by atoms with E-state index in [0.717, 1.165) is 60.0 Å². The topological polar surface area (TPSA) is 82.9 Å². The lowest BCUT2D eigenvalue weighted by Gasteiger charge is -2.30. The number of imidazole rings is 1. The SMILES string of the molecule is COc1ccc(OC)c(CSc2nc3cc(S(=O)(=O)N4CCCC(C)C4)ccc3n2CC2CCCO2)c1. The molecular weight excluding hydrogens is 510 g/mol. The van der Waals surface area contributed by atoms with Gasteiger partial charge in [-0.05, 0) is 68.0 Å². The molecule has 0 saturated carbocycles. The molecule has 200 valence electrons. The minimum Gasteiger partial charge on any atom is -0.497 e. The molecule has 1 aromatic heterocycles. The molecule has 3 aromatic rings. The van der Waals surface area contributed by atoms with E-state index >= 15 is 0 Å². The number of methoxy groups -OCH3 is 2. The molecule has 0 amide bonds. The van der Waals surface area contributed by atoms with Crippen LogP contribution in [0.15, 0.2) is 46.5 Å². The van der Waals surface area contributed by atoms with Gasteiger partial charge in [0, 0.05) is 31.0 Å². The largest absolute Gasteiger partial charge is 0.497 e. The van der Waals surface area contributed by atoms with Crippen LogP contribution in [-0.4, -0.2) is 62.3 Å². The summed E-state index contributed by atoms with van der Waals surface area (Å²) in [6, 6.07) is 11.1. The molecule has 2 aromatic carbocycles. The Balaban J connectivity index is 1.48. The number of sulfonamides is 1. The normalized spacial score (nSPS) is 20.9. The van der Waals surface area contributed by atoms with Gasteiger partial charge in [-0.3, -0.25) is 0 Å². The summed E-state index contributed by atoms with van der Waals surface area (Å²) in [5.41, 5.74) is 2.61. The van der Waals surface area contributed by atoms with Crippen molar-refractivity contribution < 1.29 is 22.6 Å². The second-order valence-electron chi connectivity index (χ2n) is 9.87. The zero-order chi connectivity index (χ0) is 26.0. The van der Waals surface area contributed by atoms with Crippen LogP contribution < -0.4 is 9.47 Å². The first-order valence-corrected chi connectivity index (χ1v) is 15.3. The van der Waals surface area contributed by atoms with Gasteiger partial charge in [0.15, 0.2) is 5.16 Å². The third-order valence-corrected chi connectivity index (χ3v) is 10.1. The summed E-state index contributed by atoms with van der Waals surface area (Å²) in [7, 11) is -0.253. The molecule has 2 aliphatic heterocycles. The number of aromatic nitrogens is 2. The van der Waals surface area contributed by atoms with Crippen LogP contribution in [0.1, 0.15) is 38.2 Å². The molecule has 0 N–H and O–H groups in total. The second-order valence-corrected chi connectivity index (χ2v) is 12.7. The Morgan fingerprint density at radius 1 is 1.11 bits per heavy atom. The van der Waals surface area contributed by atoms with Crippen molar-refractivity contribution in [2.75, 3.05) is 33.9 Å². The molecule has 2 unspecified atom stereocenters. The van der Waals surface area contributed by atoms with Crippen molar-refractivity contribution in [1.82, 2.24) is 13.9 Å². The summed E-state index contributed by atoms with van der Waals surface area (Å²) in [5, 5.41) is 0.830. The molecule has 3 heterocycles. The number of fused-ring (bicyclic) bond motifs is 1. The Kier molecular flexibility index (Phi) is 7.99. The van der Waals surface area contributed by atoms with E-state index in [9.17, 15) is 8.42 Å². The number of piperidine rings is 1. The Labute approximate surface area is 223 Å². The molecule has 0 aliphatic carbocycles. The van der Waals surface area contributed by atoms with E-state index in [1.807, 2.05) is 24.3 Å². The second kappa shape index (κ2) is 11.2. The predicted molar refractivity (Wildman–Crippen MR) is 145 cm³/mol. The molecular formula is C27H35N3O5S2. The molecule has 8 nitrogen and oxygen atoms in total. The van der Waals surface area contributed by atoms with Crippen LogP contribution in [0.2, 0.25) is 0 Å². The number of hydrogen-bond acceptors (Lipinski definition) is 7. The minimum atomic E-state index is -3.56. The fourth-order valence-electron chi connectivity index (χ4n) is 5.18. The summed E-state index contributed by atoms with van der Waals surface area (Å²) in [6.45, 7) is 4.71. The van der Waals surface area contributed by atoms with Crippen molar-refractivity contribution in [3.8, 4) is 11.5 Å². The van der Waals surface area contributed by atoms with E-state index in [1.165, 1.54) is 0 Å². The van der Waals surface area contributed by atoms with Crippen LogP contribution in [0.3, 0.4) is 0 Å². The van der Waals surface area contributed by atoms with Crippen molar-refractivity contribution in [2.24, 2.45) is 5.92 Å². The molecule has 37 heavy (non-hydrogen) atoms. The minimum absolute atomic E-state index is 0.126. The molecule has 0 bridgehead atoms. The van der Waals surface area contributed by atoms with Crippen LogP contribution in [-0.2, 0) is 27.1 Å². The molecule has 2 saturated heterocycles. The molecule has 0 radical (unpaired) electrons. The zero-order valence-corrected chi connectivity index (χ0v) is 23.3. The van der Waals surface area contributed by atoms with E-state index in [2.05, 4.69) is 11.5 Å². The third kappa shape index (κ3) is 5.62. The first kappa shape index (κ1) is 26.3. The van der Waals surface area contributed by atoms with Gasteiger partial charge >= 0.3 is 0 Å². The van der Waals surface area contributed by atoms with E-state index < -0.39 is 10.0 Å². The Bertz CT molecular complexity index is 1350. The lowest BCUT2D eigenvalue weighted by Crippen LogP contribution is -2.39. The average molecular weight is 546 g/mol. The monoisotopic (exact) mass is 545 g/mol. The highest BCUT2D eigenvalue weighted by molar-refractivity contribution is 7.98. The highest BCUT2D eigenvalue weighted by Crippen LogP contribution is 2.34. The number of benzene rings is 2. The number of nitrogens with zero attached hydrogens (tertiary/aromatic N) is 3. The summed E-state index contributed by atoms with van der Waals surface area (Å²) < 4.78 is 47.5. The number of hydrogen-bond donors (Lipinski definition) is 0. The smallest absolute Gasteiger partial charge is 0.243 e. The maximum atomic E-state index is 13.4. The van der Waals surface area contributed by atoms with Gasteiger partial charge in [0.2, 0.25) is 10.0 Å². The van der Waals surface area contributed by atoms with Crippen molar-refractivity contribution in [3.63, 3.8) is 0 Å². The van der Waals surface area contributed by atoms with Gasteiger partial charge in [-0.2, -0.15) is 4.31 Å². The van der Waals surface area contributed by atoms with Gasteiger partial charge in [0.1, 0.15) is 11.5 Å². The van der Waals surface area contributed by atoms with Crippen LogP contribution in [0.4, 0.5) is 0 Å². The highest BCUT2D eigenvalue weighted by atomic mass is 32.2. The van der Waals surface area contributed by atoms with Gasteiger partial charge in [-0.1, -0.05) is 18.7 Å². The van der Waals surface area contributed by atoms with Crippen LogP contribution in [0.5, 0.6) is 11.5 Å². The summed E-state index contributed by atoms with van der Waals surface area (Å²) >= 11 is 1.60. The summed E-state index contributed by atoms with van der Waals surface area (Å²) in [4.78, 5) is 5.22. The van der Waals surface area contributed by atoms with Gasteiger partial charge in [-0.15, -0.1) is 0 Å². The fourth-order valence-corrected chi connectivity index (χ4v) is 7.80. The molecule has 10 heteroatoms. The van der Waals surface area contributed by atoms with Crippen molar-refractivity contribution >= 4 is 32.8 Å². The van der Waals surface area contributed by atoms with Crippen molar-refractivity contribution in [2.45, 2.75) is 61.1 Å². The van der Waals surface area contributed by atoms with E-state index in [0.29, 0.717) is 41.7 Å². The standard InChI is InChI=1S/C27H35N3O5S2/c1-19-6-4-12-29(16-19)37(31,32)23-9-10-25-24(15-23)28-27(30(25)17-22-7-5-13-35-22)36-18-20-14-21(33-2)8-11-26(20)34-3/h8-11,14-15,19,22H,4-7,12-13,16-18H2,1-3H3. The van der Waals surface area contributed by atoms with Crippen LogP contribution >= 0.6 is 11.8 Å². The lowest BCUT2D eigenvalue weighted by atomic mass is 10.0. The van der Waals surface area contributed by atoms with Crippen LogP contribution in [0, 0.1) is 5.92 Å². The molecule has 2 fully saturated rings. The van der Waals surface area contributed by atoms with Gasteiger partial charge in [0.05, 0.1) is 42.8 Å². The van der Waals surface area contributed by atoms with Crippen molar-refractivity contribution in [1.29, 1.82) is 0 Å². The summed E-state index contributed by atoms with van der Waals surface area (Å²) in [5.74, 6) is 2.56. The number of rotatable bonds is 9. The number of thioether (sulfide) groups is 1. The zero-order valence-electron chi connectivity index (χ0n) is 21.7. The molecule has 2 atom stereocenters. The predicted octanol–water partition coefficient (Wildman–Crippen LogP) is 4.95. The third-order valence-electron chi connectivity index (χ3n) is 7.20. The first-order chi connectivity index (χ1) is 17.9.